The molecule has 1 aromatic heterocycles. The maximum atomic E-state index is 5.77. The van der Waals surface area contributed by atoms with Gasteiger partial charge in [-0.2, -0.15) is 0 Å². The van der Waals surface area contributed by atoms with Crippen LogP contribution in [-0.2, 0) is 11.2 Å². The van der Waals surface area contributed by atoms with Crippen LogP contribution in [0.1, 0.15) is 22.9 Å². The van der Waals surface area contributed by atoms with E-state index >= 15 is 0 Å². The molecule has 1 fully saturated rings. The van der Waals surface area contributed by atoms with Gasteiger partial charge in [-0.3, -0.25) is 4.98 Å². The largest absolute Gasteiger partial charge is 0.371 e. The third kappa shape index (κ3) is 3.92. The van der Waals surface area contributed by atoms with Crippen LogP contribution in [-0.4, -0.2) is 24.7 Å². The number of hydrogen-bond donors (Lipinski definition) is 1. The highest BCUT2D eigenvalue weighted by Crippen LogP contribution is 2.23. The van der Waals surface area contributed by atoms with E-state index in [-0.39, 0.29) is 6.10 Å². The number of benzene rings is 1. The van der Waals surface area contributed by atoms with E-state index in [4.69, 9.17) is 4.74 Å². The van der Waals surface area contributed by atoms with Crippen molar-refractivity contribution in [2.75, 3.05) is 19.7 Å². The minimum absolute atomic E-state index is 0.172. The van der Waals surface area contributed by atoms with Crippen LogP contribution >= 0.6 is 31.9 Å². The molecule has 1 aromatic carbocycles. The van der Waals surface area contributed by atoms with Crippen LogP contribution in [0.3, 0.4) is 0 Å². The normalized spacial score (nSPS) is 18.7. The minimum Gasteiger partial charge on any atom is -0.371 e. The molecule has 1 atom stereocenters. The van der Waals surface area contributed by atoms with Gasteiger partial charge in [-0.25, -0.2) is 0 Å². The number of aromatic nitrogens is 1. The first-order valence-electron chi connectivity index (χ1n) is 6.93. The molecule has 0 aliphatic carbocycles. The lowest BCUT2D eigenvalue weighted by molar-refractivity contribution is 0.0277. The van der Waals surface area contributed by atoms with Crippen LogP contribution in [0.15, 0.2) is 45.5 Å². The maximum Gasteiger partial charge on any atom is 0.0949 e. The lowest BCUT2D eigenvalue weighted by Gasteiger charge is -2.24. The Morgan fingerprint density at radius 2 is 2.05 bits per heavy atom. The van der Waals surface area contributed by atoms with Gasteiger partial charge in [-0.1, -0.05) is 24.3 Å². The second-order valence-corrected chi connectivity index (χ2v) is 6.83. The lowest BCUT2D eigenvalue weighted by Crippen LogP contribution is -2.33. The number of morpholine rings is 1. The summed E-state index contributed by atoms with van der Waals surface area (Å²) in [5.41, 5.74) is 3.52. The zero-order chi connectivity index (χ0) is 14.7. The third-order valence-electron chi connectivity index (χ3n) is 3.53. The fraction of sp³-hybridized carbons (Fsp3) is 0.312. The Balaban J connectivity index is 1.71. The molecule has 0 spiro atoms. The van der Waals surface area contributed by atoms with Crippen molar-refractivity contribution in [3.05, 3.63) is 62.3 Å². The molecule has 0 saturated carbocycles. The standard InChI is InChI=1S/C16H16Br2N2O/c17-13-8-14(18)15(20-9-13)7-11-1-3-12(4-2-11)16-10-19-5-6-21-16/h1-4,8-9,16,19H,5-7,10H2/t16-/m1/s1. The average molecular weight is 412 g/mol. The first-order chi connectivity index (χ1) is 10.2. The van der Waals surface area contributed by atoms with Gasteiger partial charge >= 0.3 is 0 Å². The summed E-state index contributed by atoms with van der Waals surface area (Å²) in [6.45, 7) is 2.61. The molecule has 2 heterocycles. The number of nitrogens with one attached hydrogen (secondary N) is 1. The maximum absolute atomic E-state index is 5.77. The molecule has 0 unspecified atom stereocenters. The minimum atomic E-state index is 0.172. The van der Waals surface area contributed by atoms with E-state index in [1.165, 1.54) is 11.1 Å². The molecule has 3 rings (SSSR count). The van der Waals surface area contributed by atoms with Crippen molar-refractivity contribution in [2.45, 2.75) is 12.5 Å². The van der Waals surface area contributed by atoms with Crippen LogP contribution in [0, 0.1) is 0 Å². The fourth-order valence-electron chi connectivity index (χ4n) is 2.40. The molecule has 1 aliphatic heterocycles. The molecule has 2 aromatic rings. The molecule has 3 nitrogen and oxygen atoms in total. The second-order valence-electron chi connectivity index (χ2n) is 5.06. The van der Waals surface area contributed by atoms with E-state index < -0.39 is 0 Å². The van der Waals surface area contributed by atoms with Crippen LogP contribution in [0.2, 0.25) is 0 Å². The number of nitrogens with zero attached hydrogens (tertiary/aromatic N) is 1. The summed E-state index contributed by atoms with van der Waals surface area (Å²) in [5, 5.41) is 3.35. The van der Waals surface area contributed by atoms with Crippen molar-refractivity contribution < 1.29 is 4.74 Å². The van der Waals surface area contributed by atoms with Crippen LogP contribution in [0.4, 0.5) is 0 Å². The van der Waals surface area contributed by atoms with Crippen molar-refractivity contribution in [1.82, 2.24) is 10.3 Å². The van der Waals surface area contributed by atoms with Crippen LogP contribution in [0.5, 0.6) is 0 Å². The number of ether oxygens (including phenoxy) is 1. The monoisotopic (exact) mass is 410 g/mol. The van der Waals surface area contributed by atoms with Gasteiger partial charge in [-0.15, -0.1) is 0 Å². The van der Waals surface area contributed by atoms with E-state index in [1.54, 1.807) is 0 Å². The highest BCUT2D eigenvalue weighted by molar-refractivity contribution is 9.11. The van der Waals surface area contributed by atoms with Crippen molar-refractivity contribution in [3.8, 4) is 0 Å². The lowest BCUT2D eigenvalue weighted by atomic mass is 10.0. The van der Waals surface area contributed by atoms with Gasteiger partial charge in [0.2, 0.25) is 0 Å². The predicted molar refractivity (Wildman–Crippen MR) is 90.4 cm³/mol. The topological polar surface area (TPSA) is 34.2 Å². The fourth-order valence-corrected chi connectivity index (χ4v) is 3.52. The Bertz CT molecular complexity index is 610. The third-order valence-corrected chi connectivity index (χ3v) is 4.65. The Labute approximate surface area is 141 Å². The molecule has 0 bridgehead atoms. The highest BCUT2D eigenvalue weighted by Gasteiger charge is 2.15. The van der Waals surface area contributed by atoms with Crippen LogP contribution in [0.25, 0.3) is 0 Å². The van der Waals surface area contributed by atoms with E-state index in [2.05, 4.69) is 66.4 Å². The van der Waals surface area contributed by atoms with Gasteiger partial charge in [0.15, 0.2) is 0 Å². The number of hydrogen-bond acceptors (Lipinski definition) is 3. The van der Waals surface area contributed by atoms with Gasteiger partial charge < -0.3 is 10.1 Å². The molecule has 1 saturated heterocycles. The Morgan fingerprint density at radius 1 is 1.24 bits per heavy atom. The van der Waals surface area contributed by atoms with Crippen LogP contribution < -0.4 is 5.32 Å². The van der Waals surface area contributed by atoms with Gasteiger partial charge in [-0.05, 0) is 49.1 Å². The molecule has 0 amide bonds. The summed E-state index contributed by atoms with van der Waals surface area (Å²) >= 11 is 6.98. The second kappa shape index (κ2) is 7.01. The van der Waals surface area contributed by atoms with Crippen molar-refractivity contribution >= 4 is 31.9 Å². The van der Waals surface area contributed by atoms with Crippen molar-refractivity contribution in [3.63, 3.8) is 0 Å². The number of halogens is 2. The van der Waals surface area contributed by atoms with E-state index in [1.807, 2.05) is 12.3 Å². The smallest absolute Gasteiger partial charge is 0.0949 e. The summed E-state index contributed by atoms with van der Waals surface area (Å²) in [4.78, 5) is 4.46. The molecule has 1 N–H and O–H groups in total. The molecular weight excluding hydrogens is 396 g/mol. The molecule has 0 radical (unpaired) electrons. The summed E-state index contributed by atoms with van der Waals surface area (Å²) in [6, 6.07) is 10.6. The van der Waals surface area contributed by atoms with Gasteiger partial charge in [0.1, 0.15) is 0 Å². The quantitative estimate of drug-likeness (QED) is 0.832. The predicted octanol–water partition coefficient (Wildman–Crippen LogP) is 3.86. The Kier molecular flexibility index (Phi) is 5.06. The average Bonchev–Trinajstić information content (AvgIpc) is 2.52. The summed E-state index contributed by atoms with van der Waals surface area (Å²) in [6.07, 6.45) is 2.82. The van der Waals surface area contributed by atoms with Crippen molar-refractivity contribution in [1.29, 1.82) is 0 Å². The molecular formula is C16H16Br2N2O. The van der Waals surface area contributed by atoms with Crippen molar-refractivity contribution in [2.24, 2.45) is 0 Å². The molecule has 110 valence electrons. The SMILES string of the molecule is Brc1cnc(Cc2ccc([C@H]3CNCCO3)cc2)c(Br)c1. The first-order valence-corrected chi connectivity index (χ1v) is 8.52. The van der Waals surface area contributed by atoms with E-state index in [9.17, 15) is 0 Å². The van der Waals surface area contributed by atoms with Gasteiger partial charge in [0.05, 0.1) is 18.4 Å². The number of pyridine rings is 1. The summed E-state index contributed by atoms with van der Waals surface area (Å²) in [7, 11) is 0. The van der Waals surface area contributed by atoms with E-state index in [0.29, 0.717) is 0 Å². The zero-order valence-corrected chi connectivity index (χ0v) is 14.7. The highest BCUT2D eigenvalue weighted by atomic mass is 79.9. The Morgan fingerprint density at radius 3 is 2.71 bits per heavy atom. The molecule has 1 aliphatic rings. The van der Waals surface area contributed by atoms with E-state index in [0.717, 1.165) is 40.8 Å². The number of rotatable bonds is 3. The summed E-state index contributed by atoms with van der Waals surface area (Å²) in [5.74, 6) is 0. The Hall–Kier alpha value is -0.750. The molecule has 5 heteroatoms. The van der Waals surface area contributed by atoms with Gasteiger partial charge in [0.25, 0.3) is 0 Å². The van der Waals surface area contributed by atoms with Gasteiger partial charge in [0, 0.05) is 34.7 Å². The zero-order valence-electron chi connectivity index (χ0n) is 11.5. The molecule has 21 heavy (non-hydrogen) atoms. The summed E-state index contributed by atoms with van der Waals surface area (Å²) < 4.78 is 7.78. The first kappa shape index (κ1) is 15.2.